The molecule has 14 aliphatic rings. The molecule has 31 heteroatoms. The number of halogens is 3. The number of aromatic nitrogens is 11. The summed E-state index contributed by atoms with van der Waals surface area (Å²) >= 11 is 8.97. The lowest BCUT2D eigenvalue weighted by Gasteiger charge is -2.62. The zero-order chi connectivity index (χ0) is 105. The number of nitrogens with two attached hydrogens (primary N) is 5. The van der Waals surface area contributed by atoms with E-state index in [0.29, 0.717) is 55.6 Å². The molecule has 9 aliphatic carbocycles. The molecule has 9 fully saturated rings. The van der Waals surface area contributed by atoms with Gasteiger partial charge in [-0.25, -0.2) is 29.3 Å². The number of amides is 5. The number of imidazole rings is 5. The van der Waals surface area contributed by atoms with Crippen molar-refractivity contribution in [2.75, 3.05) is 0 Å². The highest BCUT2D eigenvalue weighted by molar-refractivity contribution is 14.1. The first-order chi connectivity index (χ1) is 71.9. The zero-order valence-corrected chi connectivity index (χ0v) is 89.8. The lowest BCUT2D eigenvalue weighted by molar-refractivity contribution is -0.0274. The number of carbonyl (C=O) groups is 5. The van der Waals surface area contributed by atoms with E-state index in [2.05, 4.69) is 194 Å². The van der Waals surface area contributed by atoms with Gasteiger partial charge in [0.15, 0.2) is 28.5 Å². The molecular weight excluding hydrogens is 2040 g/mol. The summed E-state index contributed by atoms with van der Waals surface area (Å²) in [6, 6.07) is 69.0. The van der Waals surface area contributed by atoms with Gasteiger partial charge in [-0.05, 0) is 275 Å². The predicted molar refractivity (Wildman–Crippen MR) is 596 cm³/mol. The fraction of sp³-hybridized carbons (Fsp3) is 0.261. The van der Waals surface area contributed by atoms with Gasteiger partial charge in [0, 0.05) is 76.0 Å². The maximum absolute atomic E-state index is 14.8. The number of benzene rings is 9. The summed E-state index contributed by atoms with van der Waals surface area (Å²) in [4.78, 5) is 111. The van der Waals surface area contributed by atoms with Crippen molar-refractivity contribution in [3.05, 3.63) is 405 Å². The maximum Gasteiger partial charge on any atom is 0.269 e. The number of pyridine rings is 1. The summed E-state index contributed by atoms with van der Waals surface area (Å²) in [5.74, 6) is 6.28. The smallest absolute Gasteiger partial charge is 0.269 e. The SMILES string of the molecule is C[C@@H]1N=C(c2ccccc2)c2cc(C#C[Si](C)(C)C)ccc2-n2cnc(C(N)=O)c21.C[C@@H]1N=C(c2ccccc2I)c2cc(C34CC(C3)C4)ccc2-n2cnc(C(N)=O)c21.C[C@@H]1N=C(c2ccccn2)c2cc(C#C[Si](C)(C)C)ccc2-n2cnc(C(N)=O)c21.C[C@H]1N=C(c2ccccc2Cl)c2cc(C34CC(C3)C4)ccc2-n2cnc(C(N)=O)c21.C[C@H]1N=C(c2ccccc2F)c2cc(C34CC(C3)C4)ccc2-n2cnc(C(N)=O)c21. The summed E-state index contributed by atoms with van der Waals surface area (Å²) in [6.07, 6.45) is 21.5. The Balaban J connectivity index is 0.000000106. The van der Waals surface area contributed by atoms with Crippen LogP contribution in [0.15, 0.2) is 275 Å². The highest BCUT2D eigenvalue weighted by Crippen LogP contribution is 2.67. The molecule has 0 unspecified atom stereocenters. The molecule has 5 aliphatic heterocycles. The third kappa shape index (κ3) is 17.8. The monoisotopic (exact) mass is 2150 g/mol. The molecule has 26 nitrogen and oxygen atoms in total. The Morgan fingerprint density at radius 3 is 0.973 bits per heavy atom. The van der Waals surface area contributed by atoms with E-state index in [0.717, 1.165) is 140 Å². The lowest BCUT2D eigenvalue weighted by Crippen LogP contribution is -2.55. The second-order valence-electron chi connectivity index (χ2n) is 43.3. The molecule has 150 heavy (non-hydrogen) atoms. The Labute approximate surface area is 889 Å². The van der Waals surface area contributed by atoms with Crippen LogP contribution in [0.1, 0.15) is 287 Å². The van der Waals surface area contributed by atoms with Gasteiger partial charge in [0.2, 0.25) is 0 Å². The molecule has 15 aromatic rings. The second-order valence-corrected chi connectivity index (χ2v) is 54.4. The summed E-state index contributed by atoms with van der Waals surface area (Å²) in [6.45, 7) is 23.1. The van der Waals surface area contributed by atoms with E-state index in [1.54, 1.807) is 50.0 Å². The Morgan fingerprint density at radius 1 is 0.340 bits per heavy atom. The van der Waals surface area contributed by atoms with Crippen LogP contribution in [0.4, 0.5) is 4.39 Å². The molecule has 5 amide bonds. The van der Waals surface area contributed by atoms with Crippen LogP contribution in [0, 0.1) is 50.1 Å². The fourth-order valence-corrected chi connectivity index (χ4v) is 25.2. The summed E-state index contributed by atoms with van der Waals surface area (Å²) in [7, 11) is -3.02. The molecule has 6 aromatic heterocycles. The number of aliphatic imine (C=N–C) groups is 5. The first-order valence-corrected chi connectivity index (χ1v) is 59.1. The number of carbonyl (C=O) groups excluding carboxylic acids is 5. The largest absolute Gasteiger partial charge is 0.364 e. The van der Waals surface area contributed by atoms with Crippen molar-refractivity contribution in [3.63, 3.8) is 0 Å². The number of hydrogen-bond acceptors (Lipinski definition) is 16. The van der Waals surface area contributed by atoms with Gasteiger partial charge in [0.05, 0.1) is 121 Å². The van der Waals surface area contributed by atoms with Gasteiger partial charge >= 0.3 is 0 Å². The van der Waals surface area contributed by atoms with Crippen LogP contribution in [-0.2, 0) is 16.2 Å². The van der Waals surface area contributed by atoms with Gasteiger partial charge in [-0.3, -0.25) is 76.8 Å². The van der Waals surface area contributed by atoms with E-state index in [1.807, 2.05) is 173 Å². The molecule has 0 saturated heterocycles. The number of fused-ring (bicyclic) bond motifs is 15. The van der Waals surface area contributed by atoms with Gasteiger partial charge in [-0.1, -0.05) is 166 Å². The van der Waals surface area contributed by atoms with Crippen molar-refractivity contribution in [1.29, 1.82) is 0 Å². The molecule has 0 radical (unpaired) electrons. The average molecular weight is 2150 g/mol. The molecule has 6 bridgehead atoms. The van der Waals surface area contributed by atoms with Crippen molar-refractivity contribution in [3.8, 4) is 51.4 Å². The minimum absolute atomic E-state index is 0.204. The van der Waals surface area contributed by atoms with E-state index in [1.165, 1.54) is 80.5 Å². The Hall–Kier alpha value is -15.6. The molecule has 29 rings (SSSR count). The third-order valence-corrected chi connectivity index (χ3v) is 33.8. The zero-order valence-electron chi connectivity index (χ0n) is 84.9. The van der Waals surface area contributed by atoms with Crippen LogP contribution in [0.5, 0.6) is 0 Å². The Bertz CT molecular complexity index is 7790. The Morgan fingerprint density at radius 2 is 0.640 bits per heavy atom. The van der Waals surface area contributed by atoms with Gasteiger partial charge in [0.25, 0.3) is 29.5 Å². The molecular formula is C119H110ClFIN21O5Si2. The maximum atomic E-state index is 14.8. The van der Waals surface area contributed by atoms with Crippen LogP contribution in [0.3, 0.4) is 0 Å². The minimum Gasteiger partial charge on any atom is -0.364 e. The Kier molecular flexibility index (Phi) is 25.2. The lowest BCUT2D eigenvalue weighted by atomic mass is 9.42. The highest BCUT2D eigenvalue weighted by Gasteiger charge is 2.60. The standard InChI is InChI=1S/C24H21ClN4O.C24H21FN4O.C24H21IN4O.C24H24N4OSi.C23H23N5OSi/c3*1-13-22-21(23(26)30)27-12-29(22)19-7-6-15(24-9-14(10-24)11-24)8-17(19)20(28-13)16-4-2-3-5-18(16)25;1-16-23-22(24(25)29)26-15-28(23)20-11-10-17(12-13-30(2,3)4)14-19(20)21(27-16)18-8-6-5-7-9-18;1-15-22-21(23(24)29)26-14-28(22)19-9-8-16(10-12-30(2,3)4)13-17(19)20(27-15)18-7-5-6-11-25-18/h3*2-8,12-14H,9-11H2,1H3,(H2,26,30);5-11,14-16H,1-4H3,(H2,25,29);5-9,11,13-15H,1-4H3,(H2,24,29)/t3*13-,14?,24?;16-;15-/m11000/s1. The number of nitrogens with zero attached hydrogens (tertiary/aromatic N) is 16. The van der Waals surface area contributed by atoms with Gasteiger partial charge in [-0.2, -0.15) is 0 Å². The predicted octanol–water partition coefficient (Wildman–Crippen LogP) is 20.8. The first kappa shape index (κ1) is 99.0. The van der Waals surface area contributed by atoms with Crippen molar-refractivity contribution >= 4 is 108 Å². The summed E-state index contributed by atoms with van der Waals surface area (Å²) in [5, 5.41) is 0.658. The van der Waals surface area contributed by atoms with E-state index in [-0.39, 0.29) is 58.2 Å². The normalized spacial score (nSPS) is 21.6. The first-order valence-electron chi connectivity index (χ1n) is 50.7. The number of rotatable bonds is 13. The minimum atomic E-state index is -1.51. The quantitative estimate of drug-likeness (QED) is 0.0410. The second kappa shape index (κ2) is 38.2. The van der Waals surface area contributed by atoms with Crippen molar-refractivity contribution in [2.24, 2.45) is 71.4 Å². The molecule has 9 aromatic carbocycles. The van der Waals surface area contributed by atoms with Gasteiger partial charge in [0.1, 0.15) is 53.6 Å². The van der Waals surface area contributed by atoms with E-state index < -0.39 is 51.7 Å². The molecule has 5 atom stereocenters. The third-order valence-electron chi connectivity index (χ3n) is 30.8. The fourth-order valence-electron chi connectivity index (χ4n) is 23.3. The van der Waals surface area contributed by atoms with Gasteiger partial charge < -0.3 is 28.7 Å². The number of primary amides is 5. The molecule has 0 spiro atoms. The summed E-state index contributed by atoms with van der Waals surface area (Å²) in [5.41, 5.74) is 64.2. The molecule has 11 heterocycles. The number of hydrogen-bond donors (Lipinski definition) is 5. The van der Waals surface area contributed by atoms with Crippen molar-refractivity contribution in [2.45, 2.75) is 178 Å². The van der Waals surface area contributed by atoms with Gasteiger partial charge in [-0.15, -0.1) is 11.1 Å². The van der Waals surface area contributed by atoms with E-state index in [9.17, 15) is 28.4 Å². The van der Waals surface area contributed by atoms with Crippen molar-refractivity contribution < 1.29 is 28.4 Å². The molecule has 750 valence electrons. The van der Waals surface area contributed by atoms with E-state index >= 15 is 0 Å². The topological polar surface area (TPSA) is 379 Å². The van der Waals surface area contributed by atoms with Crippen LogP contribution >= 0.6 is 34.2 Å². The van der Waals surface area contributed by atoms with Crippen molar-refractivity contribution in [1.82, 2.24) is 52.7 Å². The van der Waals surface area contributed by atoms with Crippen LogP contribution in [0.25, 0.3) is 28.4 Å². The van der Waals surface area contributed by atoms with Crippen LogP contribution in [0.2, 0.25) is 44.3 Å². The molecule has 9 saturated carbocycles. The molecule has 10 N–H and O–H groups in total. The average Bonchev–Trinajstić information content (AvgIpc) is 1.56. The van der Waals surface area contributed by atoms with Crippen LogP contribution < -0.4 is 28.7 Å². The van der Waals surface area contributed by atoms with E-state index in [4.69, 9.17) is 65.2 Å². The van der Waals surface area contributed by atoms with Crippen LogP contribution in [-0.4, -0.2) is 127 Å². The highest BCUT2D eigenvalue weighted by atomic mass is 127. The summed E-state index contributed by atoms with van der Waals surface area (Å²) < 4.78 is 25.6.